The second-order valence-corrected chi connectivity index (χ2v) is 10.00. The summed E-state index contributed by atoms with van der Waals surface area (Å²) in [7, 11) is 4.63. The van der Waals surface area contributed by atoms with Crippen molar-refractivity contribution in [1.29, 1.82) is 0 Å². The van der Waals surface area contributed by atoms with Crippen LogP contribution in [-0.4, -0.2) is 44.6 Å². The molecule has 0 spiro atoms. The summed E-state index contributed by atoms with van der Waals surface area (Å²) >= 11 is 1.23. The predicted molar refractivity (Wildman–Crippen MR) is 149 cm³/mol. The molecule has 2 aromatic carbocycles. The molecule has 1 atom stereocenters. The highest BCUT2D eigenvalue weighted by atomic mass is 32.1. The van der Waals surface area contributed by atoms with E-state index in [2.05, 4.69) is 4.99 Å². The van der Waals surface area contributed by atoms with Gasteiger partial charge in [-0.2, -0.15) is 0 Å². The maximum atomic E-state index is 13.9. The highest BCUT2D eigenvalue weighted by Gasteiger charge is 2.33. The molecule has 0 bridgehead atoms. The van der Waals surface area contributed by atoms with Gasteiger partial charge in [0.2, 0.25) is 0 Å². The summed E-state index contributed by atoms with van der Waals surface area (Å²) in [6.45, 7) is 7.60. The minimum absolute atomic E-state index is 0.0133. The van der Waals surface area contributed by atoms with Crippen molar-refractivity contribution < 1.29 is 28.5 Å². The molecule has 0 radical (unpaired) electrons. The monoisotopic (exact) mass is 552 g/mol. The summed E-state index contributed by atoms with van der Waals surface area (Å²) in [5.41, 5.74) is 1.89. The van der Waals surface area contributed by atoms with Gasteiger partial charge in [0.25, 0.3) is 5.56 Å². The minimum Gasteiger partial charge on any atom is -0.496 e. The van der Waals surface area contributed by atoms with Crippen LogP contribution in [0.1, 0.15) is 44.9 Å². The summed E-state index contributed by atoms with van der Waals surface area (Å²) in [4.78, 5) is 32.1. The van der Waals surface area contributed by atoms with Crippen LogP contribution in [0.5, 0.6) is 23.0 Å². The Morgan fingerprint density at radius 2 is 1.69 bits per heavy atom. The summed E-state index contributed by atoms with van der Waals surface area (Å²) in [6, 6.07) is 10.1. The first-order valence-electron chi connectivity index (χ1n) is 12.5. The Morgan fingerprint density at radius 1 is 1.05 bits per heavy atom. The first-order valence-corrected chi connectivity index (χ1v) is 13.3. The van der Waals surface area contributed by atoms with Crippen LogP contribution in [0.15, 0.2) is 57.5 Å². The van der Waals surface area contributed by atoms with Crippen molar-refractivity contribution in [2.75, 3.05) is 27.9 Å². The molecule has 2 heterocycles. The van der Waals surface area contributed by atoms with Gasteiger partial charge in [-0.05, 0) is 57.5 Å². The number of aromatic nitrogens is 1. The van der Waals surface area contributed by atoms with E-state index in [1.165, 1.54) is 11.3 Å². The average Bonchev–Trinajstić information content (AvgIpc) is 3.21. The topological polar surface area (TPSA) is 97.6 Å². The van der Waals surface area contributed by atoms with Crippen molar-refractivity contribution in [3.05, 3.63) is 78.5 Å². The summed E-state index contributed by atoms with van der Waals surface area (Å²) in [5, 5.41) is 0. The van der Waals surface area contributed by atoms with E-state index in [0.717, 1.165) is 5.56 Å². The van der Waals surface area contributed by atoms with Gasteiger partial charge < -0.3 is 23.7 Å². The summed E-state index contributed by atoms with van der Waals surface area (Å²) < 4.78 is 29.5. The third kappa shape index (κ3) is 5.56. The SMILES string of the molecule is CCOC(=O)C1=C(C)N=c2s/c(=C/c3cc(OC)c(OC)cc3OC)c(=O)n2C1c1ccc(OC(C)C)cc1. The number of esters is 1. The molecule has 1 aliphatic heterocycles. The second-order valence-electron chi connectivity index (χ2n) is 8.99. The molecule has 10 heteroatoms. The fraction of sp³-hybridized carbons (Fsp3) is 0.345. The molecule has 0 fully saturated rings. The van der Waals surface area contributed by atoms with E-state index < -0.39 is 12.0 Å². The van der Waals surface area contributed by atoms with Gasteiger partial charge >= 0.3 is 5.97 Å². The molecule has 0 saturated carbocycles. The van der Waals surface area contributed by atoms with Gasteiger partial charge in [-0.15, -0.1) is 0 Å². The number of carbonyl (C=O) groups excluding carboxylic acids is 1. The van der Waals surface area contributed by atoms with Crippen molar-refractivity contribution in [3.8, 4) is 23.0 Å². The van der Waals surface area contributed by atoms with Gasteiger partial charge in [-0.1, -0.05) is 23.5 Å². The third-order valence-corrected chi connectivity index (χ3v) is 7.09. The normalized spacial score (nSPS) is 15.1. The number of fused-ring (bicyclic) bond motifs is 1. The zero-order valence-corrected chi connectivity index (χ0v) is 23.9. The largest absolute Gasteiger partial charge is 0.496 e. The predicted octanol–water partition coefficient (Wildman–Crippen LogP) is 3.61. The maximum absolute atomic E-state index is 13.9. The Kier molecular flexibility index (Phi) is 8.44. The zero-order valence-electron chi connectivity index (χ0n) is 23.1. The van der Waals surface area contributed by atoms with Crippen LogP contribution < -0.4 is 33.8 Å². The van der Waals surface area contributed by atoms with E-state index in [1.54, 1.807) is 58.0 Å². The highest BCUT2D eigenvalue weighted by Crippen LogP contribution is 2.35. The van der Waals surface area contributed by atoms with Gasteiger partial charge in [0.1, 0.15) is 11.5 Å². The van der Waals surface area contributed by atoms with Crippen molar-refractivity contribution >= 4 is 23.4 Å². The second kappa shape index (κ2) is 11.8. The van der Waals surface area contributed by atoms with E-state index in [4.69, 9.17) is 23.7 Å². The molecule has 1 aromatic heterocycles. The van der Waals surface area contributed by atoms with Crippen LogP contribution in [0, 0.1) is 0 Å². The van der Waals surface area contributed by atoms with Gasteiger partial charge in [-0.3, -0.25) is 9.36 Å². The number of ether oxygens (including phenoxy) is 5. The average molecular weight is 553 g/mol. The Balaban J connectivity index is 1.92. The van der Waals surface area contributed by atoms with E-state index >= 15 is 0 Å². The highest BCUT2D eigenvalue weighted by molar-refractivity contribution is 7.07. The van der Waals surface area contributed by atoms with E-state index in [0.29, 0.717) is 49.2 Å². The molecular weight excluding hydrogens is 520 g/mol. The van der Waals surface area contributed by atoms with Gasteiger partial charge in [0, 0.05) is 11.6 Å². The number of methoxy groups -OCH3 is 3. The number of hydrogen-bond donors (Lipinski definition) is 0. The molecule has 0 amide bonds. The molecule has 3 aromatic rings. The number of carbonyl (C=O) groups is 1. The van der Waals surface area contributed by atoms with Crippen molar-refractivity contribution in [2.45, 2.75) is 39.8 Å². The Morgan fingerprint density at radius 3 is 2.28 bits per heavy atom. The number of thiazole rings is 1. The van der Waals surface area contributed by atoms with Crippen LogP contribution in [0.2, 0.25) is 0 Å². The Bertz CT molecular complexity index is 1580. The minimum atomic E-state index is -0.720. The van der Waals surface area contributed by atoms with Gasteiger partial charge in [0.05, 0.1) is 55.9 Å². The van der Waals surface area contributed by atoms with E-state index in [-0.39, 0.29) is 18.3 Å². The Hall–Kier alpha value is -4.05. The van der Waals surface area contributed by atoms with Crippen molar-refractivity contribution in [3.63, 3.8) is 0 Å². The van der Waals surface area contributed by atoms with Gasteiger partial charge in [0.15, 0.2) is 16.3 Å². The molecule has 0 saturated heterocycles. The lowest BCUT2D eigenvalue weighted by molar-refractivity contribution is -0.139. The number of allylic oxidation sites excluding steroid dienone is 1. The third-order valence-electron chi connectivity index (χ3n) is 6.11. The lowest BCUT2D eigenvalue weighted by Crippen LogP contribution is -2.39. The molecule has 0 aliphatic carbocycles. The number of nitrogens with zero attached hydrogens (tertiary/aromatic N) is 2. The lowest BCUT2D eigenvalue weighted by atomic mass is 9.96. The summed E-state index contributed by atoms with van der Waals surface area (Å²) in [6.07, 6.45) is 1.74. The maximum Gasteiger partial charge on any atom is 0.338 e. The van der Waals surface area contributed by atoms with Crippen LogP contribution in [0.3, 0.4) is 0 Å². The smallest absolute Gasteiger partial charge is 0.338 e. The quantitative estimate of drug-likeness (QED) is 0.374. The van der Waals surface area contributed by atoms with Crippen LogP contribution in [0.4, 0.5) is 0 Å². The number of rotatable bonds is 9. The molecule has 39 heavy (non-hydrogen) atoms. The molecule has 1 unspecified atom stereocenters. The molecule has 1 aliphatic rings. The molecular formula is C29H32N2O7S. The fourth-order valence-electron chi connectivity index (χ4n) is 4.41. The summed E-state index contributed by atoms with van der Waals surface area (Å²) in [5.74, 6) is 1.70. The first-order chi connectivity index (χ1) is 18.7. The van der Waals surface area contributed by atoms with Gasteiger partial charge in [-0.25, -0.2) is 9.79 Å². The zero-order chi connectivity index (χ0) is 28.3. The lowest BCUT2D eigenvalue weighted by Gasteiger charge is -2.25. The number of hydrogen-bond acceptors (Lipinski definition) is 9. The molecule has 4 rings (SSSR count). The molecule has 0 N–H and O–H groups in total. The van der Waals surface area contributed by atoms with Crippen molar-refractivity contribution in [1.82, 2.24) is 4.57 Å². The molecule has 206 valence electrons. The van der Waals surface area contributed by atoms with Crippen LogP contribution >= 0.6 is 11.3 Å². The first kappa shape index (κ1) is 28.0. The molecule has 9 nitrogen and oxygen atoms in total. The van der Waals surface area contributed by atoms with Crippen LogP contribution in [0.25, 0.3) is 6.08 Å². The Labute approximate surface area is 230 Å². The number of benzene rings is 2. The van der Waals surface area contributed by atoms with Crippen LogP contribution in [-0.2, 0) is 9.53 Å². The van der Waals surface area contributed by atoms with E-state index in [1.807, 2.05) is 38.1 Å². The van der Waals surface area contributed by atoms with E-state index in [9.17, 15) is 9.59 Å². The fourth-order valence-corrected chi connectivity index (χ4v) is 5.45. The van der Waals surface area contributed by atoms with Crippen molar-refractivity contribution in [2.24, 2.45) is 4.99 Å². The standard InChI is InChI=1S/C29H32N2O7S/c1-8-37-28(33)25-17(4)30-29-31(26(25)18-9-11-20(12-10-18)38-16(2)3)27(32)24(39-29)14-19-13-22(35-6)23(36-7)15-21(19)34-5/h9-16,26H,8H2,1-7H3/b24-14+.